The lowest BCUT2D eigenvalue weighted by molar-refractivity contribution is -0.0831. The Balaban J connectivity index is 1.95. The maximum Gasteiger partial charge on any atom is 0.0892 e. The van der Waals surface area contributed by atoms with Crippen LogP contribution in [0.2, 0.25) is 0 Å². The molecule has 2 N–H and O–H groups in total. The van der Waals surface area contributed by atoms with E-state index in [1.54, 1.807) is 0 Å². The summed E-state index contributed by atoms with van der Waals surface area (Å²) in [6, 6.07) is 2.14. The summed E-state index contributed by atoms with van der Waals surface area (Å²) in [7, 11) is 1.99. The van der Waals surface area contributed by atoms with Crippen molar-refractivity contribution in [2.45, 2.75) is 64.6 Å². The van der Waals surface area contributed by atoms with Gasteiger partial charge in [-0.2, -0.15) is 5.10 Å². The molecule has 0 unspecified atom stereocenters. The van der Waals surface area contributed by atoms with Crippen LogP contribution in [0.25, 0.3) is 0 Å². The molecule has 0 atom stereocenters. The lowest BCUT2D eigenvalue weighted by Gasteiger charge is -2.39. The van der Waals surface area contributed by atoms with Gasteiger partial charge in [-0.3, -0.25) is 4.68 Å². The van der Waals surface area contributed by atoms with Gasteiger partial charge >= 0.3 is 0 Å². The minimum atomic E-state index is -0.109. The smallest absolute Gasteiger partial charge is 0.0892 e. The fourth-order valence-electron chi connectivity index (χ4n) is 3.13. The highest BCUT2D eigenvalue weighted by Gasteiger charge is 2.34. The molecular formula is C16H29N3O. The van der Waals surface area contributed by atoms with Crippen LogP contribution in [-0.4, -0.2) is 21.9 Å². The molecule has 1 aromatic rings. The average molecular weight is 279 g/mol. The molecule has 0 amide bonds. The molecule has 4 heteroatoms. The maximum atomic E-state index is 6.25. The van der Waals surface area contributed by atoms with Crippen LogP contribution in [0.15, 0.2) is 6.07 Å². The number of aryl methyl sites for hydroxylation is 2. The topological polar surface area (TPSA) is 53.1 Å². The lowest BCUT2D eigenvalue weighted by Crippen LogP contribution is -2.44. The van der Waals surface area contributed by atoms with E-state index < -0.39 is 0 Å². The molecule has 2 rings (SSSR count). The van der Waals surface area contributed by atoms with Crippen molar-refractivity contribution >= 4 is 0 Å². The molecule has 0 spiro atoms. The van der Waals surface area contributed by atoms with E-state index in [4.69, 9.17) is 10.5 Å². The van der Waals surface area contributed by atoms with Gasteiger partial charge in [-0.25, -0.2) is 0 Å². The summed E-state index contributed by atoms with van der Waals surface area (Å²) in [6.45, 7) is 5.66. The van der Waals surface area contributed by atoms with Crippen LogP contribution in [0, 0.1) is 5.92 Å². The van der Waals surface area contributed by atoms with Crippen LogP contribution in [0.1, 0.15) is 57.3 Å². The Labute approximate surface area is 122 Å². The SMILES string of the molecule is CCc1cc(COC2(CN)CCC(CC)CC2)n(C)n1. The van der Waals surface area contributed by atoms with Crippen LogP contribution in [0.4, 0.5) is 0 Å². The van der Waals surface area contributed by atoms with E-state index >= 15 is 0 Å². The first-order valence-electron chi connectivity index (χ1n) is 7.98. The second-order valence-corrected chi connectivity index (χ2v) is 6.13. The Morgan fingerprint density at radius 1 is 1.40 bits per heavy atom. The summed E-state index contributed by atoms with van der Waals surface area (Å²) in [5.74, 6) is 0.863. The number of nitrogens with zero attached hydrogens (tertiary/aromatic N) is 2. The number of rotatable bonds is 6. The third-order valence-corrected chi connectivity index (χ3v) is 4.88. The quantitative estimate of drug-likeness (QED) is 0.871. The van der Waals surface area contributed by atoms with E-state index in [0.717, 1.165) is 36.6 Å². The molecule has 0 aromatic carbocycles. The lowest BCUT2D eigenvalue weighted by atomic mass is 9.77. The zero-order valence-corrected chi connectivity index (χ0v) is 13.2. The van der Waals surface area contributed by atoms with Crippen LogP contribution in [-0.2, 0) is 24.8 Å². The third kappa shape index (κ3) is 3.41. The van der Waals surface area contributed by atoms with Gasteiger partial charge in [-0.15, -0.1) is 0 Å². The van der Waals surface area contributed by atoms with Gasteiger partial charge in [0.05, 0.1) is 23.6 Å². The summed E-state index contributed by atoms with van der Waals surface area (Å²) < 4.78 is 8.18. The molecule has 1 saturated carbocycles. The molecule has 0 radical (unpaired) electrons. The largest absolute Gasteiger partial charge is 0.367 e. The fraction of sp³-hybridized carbons (Fsp3) is 0.812. The van der Waals surface area contributed by atoms with E-state index in [0.29, 0.717) is 13.2 Å². The monoisotopic (exact) mass is 279 g/mol. The number of aromatic nitrogens is 2. The molecular weight excluding hydrogens is 250 g/mol. The van der Waals surface area contributed by atoms with Gasteiger partial charge in [0, 0.05) is 13.6 Å². The highest BCUT2D eigenvalue weighted by atomic mass is 16.5. The predicted octanol–water partition coefficient (Wildman–Crippen LogP) is 2.80. The number of hydrogen-bond donors (Lipinski definition) is 1. The molecule has 1 aliphatic rings. The second kappa shape index (κ2) is 6.72. The van der Waals surface area contributed by atoms with Gasteiger partial charge in [-0.1, -0.05) is 20.3 Å². The molecule has 20 heavy (non-hydrogen) atoms. The molecule has 1 aromatic heterocycles. The molecule has 0 aliphatic heterocycles. The van der Waals surface area contributed by atoms with Crippen molar-refractivity contribution in [3.05, 3.63) is 17.5 Å². The fourth-order valence-corrected chi connectivity index (χ4v) is 3.13. The Morgan fingerprint density at radius 3 is 2.60 bits per heavy atom. The summed E-state index contributed by atoms with van der Waals surface area (Å²) in [6.07, 6.45) is 6.94. The van der Waals surface area contributed by atoms with E-state index in [9.17, 15) is 0 Å². The maximum absolute atomic E-state index is 6.25. The van der Waals surface area contributed by atoms with Gasteiger partial charge in [0.2, 0.25) is 0 Å². The zero-order chi connectivity index (χ0) is 14.6. The summed E-state index contributed by atoms with van der Waals surface area (Å²) in [4.78, 5) is 0. The highest BCUT2D eigenvalue weighted by Crippen LogP contribution is 2.36. The highest BCUT2D eigenvalue weighted by molar-refractivity contribution is 5.09. The molecule has 1 aliphatic carbocycles. The average Bonchev–Trinajstić information content (AvgIpc) is 2.86. The molecule has 0 bridgehead atoms. The van der Waals surface area contributed by atoms with Crippen LogP contribution in [0.3, 0.4) is 0 Å². The molecule has 1 fully saturated rings. The standard InChI is InChI=1S/C16H29N3O/c1-4-13-6-8-16(12-17,9-7-13)20-11-15-10-14(5-2)18-19(15)3/h10,13H,4-9,11-12,17H2,1-3H3. The van der Waals surface area contributed by atoms with Gasteiger partial charge in [-0.05, 0) is 44.1 Å². The summed E-state index contributed by atoms with van der Waals surface area (Å²) >= 11 is 0. The van der Waals surface area contributed by atoms with Gasteiger partial charge in [0.25, 0.3) is 0 Å². The Bertz CT molecular complexity index is 419. The first-order chi connectivity index (χ1) is 9.62. The van der Waals surface area contributed by atoms with E-state index in [1.807, 2.05) is 11.7 Å². The van der Waals surface area contributed by atoms with Crippen LogP contribution < -0.4 is 5.73 Å². The summed E-state index contributed by atoms with van der Waals surface area (Å²) in [5.41, 5.74) is 8.18. The second-order valence-electron chi connectivity index (χ2n) is 6.13. The first kappa shape index (κ1) is 15.5. The zero-order valence-electron chi connectivity index (χ0n) is 13.2. The van der Waals surface area contributed by atoms with Crippen molar-refractivity contribution in [3.63, 3.8) is 0 Å². The molecule has 0 saturated heterocycles. The Morgan fingerprint density at radius 2 is 2.10 bits per heavy atom. The van der Waals surface area contributed by atoms with Crippen molar-refractivity contribution in [1.29, 1.82) is 0 Å². The Kier molecular flexibility index (Phi) is 5.22. The number of nitrogens with two attached hydrogens (primary N) is 1. The van der Waals surface area contributed by atoms with Gasteiger partial charge < -0.3 is 10.5 Å². The van der Waals surface area contributed by atoms with Gasteiger partial charge in [0.1, 0.15) is 0 Å². The molecule has 114 valence electrons. The molecule has 4 nitrogen and oxygen atoms in total. The van der Waals surface area contributed by atoms with Crippen molar-refractivity contribution in [2.75, 3.05) is 6.54 Å². The van der Waals surface area contributed by atoms with Gasteiger partial charge in [0.15, 0.2) is 0 Å². The number of ether oxygens (including phenoxy) is 1. The van der Waals surface area contributed by atoms with Crippen molar-refractivity contribution in [1.82, 2.24) is 9.78 Å². The third-order valence-electron chi connectivity index (χ3n) is 4.88. The Hall–Kier alpha value is -0.870. The van der Waals surface area contributed by atoms with Crippen molar-refractivity contribution < 1.29 is 4.74 Å². The van der Waals surface area contributed by atoms with E-state index in [1.165, 1.54) is 19.3 Å². The summed E-state index contributed by atoms with van der Waals surface area (Å²) in [5, 5.41) is 4.47. The predicted molar refractivity (Wildman–Crippen MR) is 81.4 cm³/mol. The first-order valence-corrected chi connectivity index (χ1v) is 7.98. The minimum absolute atomic E-state index is 0.109. The van der Waals surface area contributed by atoms with Crippen molar-refractivity contribution in [3.8, 4) is 0 Å². The van der Waals surface area contributed by atoms with Crippen LogP contribution >= 0.6 is 0 Å². The number of hydrogen-bond acceptors (Lipinski definition) is 3. The normalized spacial score (nSPS) is 26.9. The van der Waals surface area contributed by atoms with Crippen molar-refractivity contribution in [2.24, 2.45) is 18.7 Å². The molecule has 1 heterocycles. The van der Waals surface area contributed by atoms with Crippen LogP contribution in [0.5, 0.6) is 0 Å². The van der Waals surface area contributed by atoms with E-state index in [-0.39, 0.29) is 5.60 Å². The van der Waals surface area contributed by atoms with E-state index in [2.05, 4.69) is 25.0 Å². The minimum Gasteiger partial charge on any atom is -0.367 e.